The van der Waals surface area contributed by atoms with Crippen LogP contribution in [0.25, 0.3) is 0 Å². The molecule has 0 radical (unpaired) electrons. The van der Waals surface area contributed by atoms with Crippen LogP contribution in [-0.2, 0) is 0 Å². The second-order valence-corrected chi connectivity index (χ2v) is 4.10. The smallest absolute Gasteiger partial charge is 0.194 e. The molecule has 1 aromatic rings. The number of benzene rings is 1. The molecule has 0 amide bonds. The van der Waals surface area contributed by atoms with Crippen molar-refractivity contribution < 1.29 is 13.2 Å². The molecular formula is C13H8F3N3. The van der Waals surface area contributed by atoms with Crippen molar-refractivity contribution in [2.75, 3.05) is 18.0 Å². The minimum absolute atomic E-state index is 0.0190. The van der Waals surface area contributed by atoms with E-state index in [0.717, 1.165) is 12.1 Å². The summed E-state index contributed by atoms with van der Waals surface area (Å²) in [7, 11) is 0. The van der Waals surface area contributed by atoms with Gasteiger partial charge in [0.25, 0.3) is 0 Å². The van der Waals surface area contributed by atoms with Crippen LogP contribution in [0.4, 0.5) is 18.9 Å². The summed E-state index contributed by atoms with van der Waals surface area (Å²) in [5.41, 5.74) is 0.835. The van der Waals surface area contributed by atoms with Gasteiger partial charge in [-0.2, -0.15) is 10.5 Å². The summed E-state index contributed by atoms with van der Waals surface area (Å²) in [6.07, 6.45) is 0.469. The molecule has 2 rings (SSSR count). The van der Waals surface area contributed by atoms with Gasteiger partial charge in [-0.15, -0.1) is 0 Å². The van der Waals surface area contributed by atoms with Crippen LogP contribution in [0.5, 0.6) is 0 Å². The zero-order valence-corrected chi connectivity index (χ0v) is 9.75. The van der Waals surface area contributed by atoms with Gasteiger partial charge in [-0.1, -0.05) is 0 Å². The molecule has 0 aromatic heterocycles. The van der Waals surface area contributed by atoms with Gasteiger partial charge in [-0.3, -0.25) is 0 Å². The van der Waals surface area contributed by atoms with Crippen molar-refractivity contribution in [1.82, 2.24) is 0 Å². The average Bonchev–Trinajstić information content (AvgIpc) is 2.86. The zero-order valence-electron chi connectivity index (χ0n) is 9.75. The minimum Gasteiger partial charge on any atom is -0.367 e. The van der Waals surface area contributed by atoms with Crippen LogP contribution < -0.4 is 4.90 Å². The van der Waals surface area contributed by atoms with Gasteiger partial charge in [-0.25, -0.2) is 13.2 Å². The van der Waals surface area contributed by atoms with Gasteiger partial charge >= 0.3 is 0 Å². The summed E-state index contributed by atoms with van der Waals surface area (Å²) in [5, 5.41) is 17.5. The molecule has 96 valence electrons. The Morgan fingerprint density at radius 1 is 1.11 bits per heavy atom. The molecule has 6 heteroatoms. The highest BCUT2D eigenvalue weighted by molar-refractivity contribution is 5.53. The molecule has 1 fully saturated rings. The highest BCUT2D eigenvalue weighted by Crippen LogP contribution is 2.27. The number of hydrogen-bond donors (Lipinski definition) is 0. The highest BCUT2D eigenvalue weighted by atomic mass is 19.2. The Balaban J connectivity index is 2.31. The Hall–Kier alpha value is -2.47. The van der Waals surface area contributed by atoms with Crippen LogP contribution in [0, 0.1) is 40.1 Å². The summed E-state index contributed by atoms with van der Waals surface area (Å²) < 4.78 is 39.1. The molecule has 0 bridgehead atoms. The lowest BCUT2D eigenvalue weighted by Crippen LogP contribution is -2.18. The van der Waals surface area contributed by atoms with E-state index in [0.29, 0.717) is 18.5 Å². The van der Waals surface area contributed by atoms with Gasteiger partial charge in [-0.05, 0) is 12.0 Å². The normalized spacial score (nSPS) is 14.2. The molecule has 1 aliphatic heterocycles. The van der Waals surface area contributed by atoms with E-state index >= 15 is 0 Å². The summed E-state index contributed by atoms with van der Waals surface area (Å²) in [5.74, 6) is -4.02. The van der Waals surface area contributed by atoms with Crippen LogP contribution >= 0.6 is 0 Å². The molecule has 0 spiro atoms. The van der Waals surface area contributed by atoms with Crippen LogP contribution in [-0.4, -0.2) is 13.1 Å². The van der Waals surface area contributed by atoms with Crippen molar-refractivity contribution in [2.45, 2.75) is 6.42 Å². The molecule has 3 nitrogen and oxygen atoms in total. The third-order valence-corrected chi connectivity index (χ3v) is 2.98. The second kappa shape index (κ2) is 5.03. The van der Waals surface area contributed by atoms with Crippen molar-refractivity contribution in [2.24, 2.45) is 0 Å². The summed E-state index contributed by atoms with van der Waals surface area (Å²) in [6.45, 7) is 0.660. The Bertz CT molecular complexity index is 599. The fourth-order valence-corrected chi connectivity index (χ4v) is 1.99. The van der Waals surface area contributed by atoms with E-state index in [-0.39, 0.29) is 17.8 Å². The van der Waals surface area contributed by atoms with Gasteiger partial charge < -0.3 is 4.90 Å². The molecular weight excluding hydrogens is 255 g/mol. The molecule has 0 aliphatic carbocycles. The Morgan fingerprint density at radius 2 is 1.68 bits per heavy atom. The number of hydrogen-bond acceptors (Lipinski definition) is 3. The van der Waals surface area contributed by atoms with E-state index in [1.54, 1.807) is 17.0 Å². The van der Waals surface area contributed by atoms with Gasteiger partial charge in [0, 0.05) is 30.9 Å². The lowest BCUT2D eigenvalue weighted by atomic mass is 10.1. The van der Waals surface area contributed by atoms with Crippen LogP contribution in [0.15, 0.2) is 23.3 Å². The third kappa shape index (κ3) is 2.38. The number of rotatable bonds is 1. The molecule has 1 saturated heterocycles. The quantitative estimate of drug-likeness (QED) is 0.578. The summed E-state index contributed by atoms with van der Waals surface area (Å²) in [6, 6.07) is 5.37. The van der Waals surface area contributed by atoms with E-state index in [9.17, 15) is 13.2 Å². The molecule has 0 unspecified atom stereocenters. The number of allylic oxidation sites excluding steroid dienone is 1. The second-order valence-electron chi connectivity index (χ2n) is 4.10. The fourth-order valence-electron chi connectivity index (χ4n) is 1.99. The van der Waals surface area contributed by atoms with E-state index in [1.807, 2.05) is 0 Å². The van der Waals surface area contributed by atoms with E-state index in [2.05, 4.69) is 0 Å². The highest BCUT2D eigenvalue weighted by Gasteiger charge is 2.22. The maximum atomic E-state index is 13.1. The van der Waals surface area contributed by atoms with Crippen molar-refractivity contribution in [1.29, 1.82) is 10.5 Å². The van der Waals surface area contributed by atoms with Gasteiger partial charge in [0.15, 0.2) is 17.5 Å². The number of nitriles is 2. The van der Waals surface area contributed by atoms with E-state index < -0.39 is 17.5 Å². The molecule has 0 N–H and O–H groups in total. The first-order valence-corrected chi connectivity index (χ1v) is 5.48. The van der Waals surface area contributed by atoms with Crippen molar-refractivity contribution in [3.63, 3.8) is 0 Å². The van der Waals surface area contributed by atoms with E-state index in [1.165, 1.54) is 0 Å². The monoisotopic (exact) mass is 263 g/mol. The van der Waals surface area contributed by atoms with Crippen molar-refractivity contribution >= 4 is 5.69 Å². The number of nitrogens with zero attached hydrogens (tertiary/aromatic N) is 3. The molecule has 0 atom stereocenters. The lowest BCUT2D eigenvalue weighted by molar-refractivity contribution is 0.447. The first-order valence-electron chi connectivity index (χ1n) is 5.48. The standard InChI is InChI=1S/C13H8F3N3/c14-11-3-10(4-12(15)13(11)16)19-2-1-8(7-19)9(5-17)6-18/h3-4H,1-2,7H2. The topological polar surface area (TPSA) is 50.8 Å². The van der Waals surface area contributed by atoms with Crippen LogP contribution in [0.1, 0.15) is 6.42 Å². The average molecular weight is 263 g/mol. The molecule has 0 saturated carbocycles. The first-order chi connectivity index (χ1) is 9.06. The molecule has 1 aromatic carbocycles. The molecule has 1 heterocycles. The van der Waals surface area contributed by atoms with Gasteiger partial charge in [0.1, 0.15) is 17.7 Å². The minimum atomic E-state index is -1.51. The van der Waals surface area contributed by atoms with Crippen molar-refractivity contribution in [3.05, 3.63) is 40.7 Å². The Kier molecular flexibility index (Phi) is 3.43. The molecule has 1 aliphatic rings. The van der Waals surface area contributed by atoms with Crippen LogP contribution in [0.3, 0.4) is 0 Å². The van der Waals surface area contributed by atoms with Crippen molar-refractivity contribution in [3.8, 4) is 12.1 Å². The first kappa shape index (κ1) is 13.0. The summed E-state index contributed by atoms with van der Waals surface area (Å²) >= 11 is 0. The van der Waals surface area contributed by atoms with Gasteiger partial charge in [0.2, 0.25) is 0 Å². The largest absolute Gasteiger partial charge is 0.367 e. The predicted octanol–water partition coefficient (Wildman–Crippen LogP) is 2.66. The van der Waals surface area contributed by atoms with E-state index in [4.69, 9.17) is 10.5 Å². The number of anilines is 1. The van der Waals surface area contributed by atoms with Gasteiger partial charge in [0.05, 0.1) is 0 Å². The Morgan fingerprint density at radius 3 is 2.21 bits per heavy atom. The summed E-state index contributed by atoms with van der Waals surface area (Å²) in [4.78, 5) is 1.59. The third-order valence-electron chi connectivity index (χ3n) is 2.98. The maximum Gasteiger partial charge on any atom is 0.194 e. The lowest BCUT2D eigenvalue weighted by Gasteiger charge is -2.17. The maximum absolute atomic E-state index is 13.1. The predicted molar refractivity (Wildman–Crippen MR) is 61.4 cm³/mol. The zero-order chi connectivity index (χ0) is 14.0. The van der Waals surface area contributed by atoms with Crippen LogP contribution in [0.2, 0.25) is 0 Å². The molecule has 19 heavy (non-hydrogen) atoms. The fraction of sp³-hybridized carbons (Fsp3) is 0.231. The number of halogens is 3. The Labute approximate surface area is 107 Å². The SMILES string of the molecule is N#CC(C#N)=C1CCN(c2cc(F)c(F)c(F)c2)C1.